The molecule has 0 N–H and O–H groups in total. The molecule has 0 spiro atoms. The monoisotopic (exact) mass is 412 g/mol. The third-order valence-electron chi connectivity index (χ3n) is 4.75. The number of carbonyl (C=O) groups is 1. The zero-order valence-corrected chi connectivity index (χ0v) is 16.9. The molecule has 7 heteroatoms. The number of hydrazone groups is 1. The van der Waals surface area contributed by atoms with Gasteiger partial charge in [0, 0.05) is 40.3 Å². The number of halogens is 2. The predicted octanol–water partition coefficient (Wildman–Crippen LogP) is 5.27. The van der Waals surface area contributed by atoms with Gasteiger partial charge in [-0.1, -0.05) is 43.1 Å². The largest absolute Gasteiger partial charge is 0.273 e. The van der Waals surface area contributed by atoms with Gasteiger partial charge in [-0.25, -0.2) is 5.01 Å². The van der Waals surface area contributed by atoms with Crippen molar-refractivity contribution in [2.24, 2.45) is 11.0 Å². The van der Waals surface area contributed by atoms with Crippen LogP contribution in [0, 0.1) is 5.92 Å². The van der Waals surface area contributed by atoms with Crippen molar-refractivity contribution in [2.75, 3.05) is 0 Å². The summed E-state index contributed by atoms with van der Waals surface area (Å²) in [5.41, 5.74) is 4.04. The molecule has 2 heterocycles. The van der Waals surface area contributed by atoms with Crippen molar-refractivity contribution in [1.29, 1.82) is 0 Å². The number of fused-ring (bicyclic) bond motifs is 1. The molecule has 4 rings (SSSR count). The molecule has 28 heavy (non-hydrogen) atoms. The molecule has 2 aromatic carbocycles. The van der Waals surface area contributed by atoms with Crippen LogP contribution in [0.15, 0.2) is 53.9 Å². The molecule has 5 nitrogen and oxygen atoms in total. The third-order valence-corrected chi connectivity index (χ3v) is 5.31. The number of nitrogens with zero attached hydrogens (tertiary/aromatic N) is 4. The van der Waals surface area contributed by atoms with E-state index in [4.69, 9.17) is 23.2 Å². The quantitative estimate of drug-likeness (QED) is 0.588. The van der Waals surface area contributed by atoms with Crippen LogP contribution in [0.4, 0.5) is 0 Å². The summed E-state index contributed by atoms with van der Waals surface area (Å²) in [6, 6.07) is 10.9. The van der Waals surface area contributed by atoms with Crippen LogP contribution in [-0.4, -0.2) is 26.6 Å². The number of benzene rings is 2. The minimum Gasteiger partial charge on any atom is -0.273 e. The molecule has 0 unspecified atom stereocenters. The van der Waals surface area contributed by atoms with Gasteiger partial charge in [0.2, 0.25) is 5.91 Å². The fourth-order valence-electron chi connectivity index (χ4n) is 3.31. The van der Waals surface area contributed by atoms with E-state index in [-0.39, 0.29) is 17.9 Å². The molecule has 1 aromatic heterocycles. The predicted molar refractivity (Wildman–Crippen MR) is 112 cm³/mol. The highest BCUT2D eigenvalue weighted by Crippen LogP contribution is 2.36. The lowest BCUT2D eigenvalue weighted by molar-refractivity contribution is -0.136. The molecule has 142 valence electrons. The molecule has 0 fully saturated rings. The standard InChI is InChI=1S/C21H18Cl2N4O/c1-12(2)21(28)27-20(13-3-6-17-19(9-13)25-8-7-24-17)11-18(26-27)15-10-14(22)4-5-16(15)23/h3-10,12,20H,11H2,1-2H3/t20-/m0/s1. The molecule has 0 radical (unpaired) electrons. The van der Waals surface area contributed by atoms with E-state index in [1.54, 1.807) is 35.6 Å². The summed E-state index contributed by atoms with van der Waals surface area (Å²) in [6.07, 6.45) is 3.87. The van der Waals surface area contributed by atoms with Crippen molar-refractivity contribution in [3.8, 4) is 0 Å². The van der Waals surface area contributed by atoms with Gasteiger partial charge in [-0.15, -0.1) is 0 Å². The lowest BCUT2D eigenvalue weighted by atomic mass is 9.97. The molecule has 1 aliphatic rings. The first-order valence-corrected chi connectivity index (χ1v) is 9.76. The average molecular weight is 413 g/mol. The van der Waals surface area contributed by atoms with Gasteiger partial charge >= 0.3 is 0 Å². The van der Waals surface area contributed by atoms with Gasteiger partial charge in [0.1, 0.15) is 0 Å². The Hall–Kier alpha value is -2.50. The van der Waals surface area contributed by atoms with E-state index in [9.17, 15) is 4.79 Å². The first kappa shape index (κ1) is 18.8. The second-order valence-corrected chi connectivity index (χ2v) is 7.88. The van der Waals surface area contributed by atoms with Gasteiger partial charge in [-0.05, 0) is 35.9 Å². The first-order valence-electron chi connectivity index (χ1n) is 9.00. The van der Waals surface area contributed by atoms with Gasteiger partial charge in [0.25, 0.3) is 0 Å². The highest BCUT2D eigenvalue weighted by Gasteiger charge is 2.34. The van der Waals surface area contributed by atoms with Crippen LogP contribution in [0.2, 0.25) is 10.0 Å². The summed E-state index contributed by atoms with van der Waals surface area (Å²) < 4.78 is 0. The summed E-state index contributed by atoms with van der Waals surface area (Å²) in [4.78, 5) is 21.5. The minimum absolute atomic E-state index is 0.0441. The van der Waals surface area contributed by atoms with Gasteiger partial charge in [0.15, 0.2) is 0 Å². The van der Waals surface area contributed by atoms with E-state index in [0.29, 0.717) is 16.5 Å². The normalized spacial score (nSPS) is 16.7. The summed E-state index contributed by atoms with van der Waals surface area (Å²) in [5, 5.41) is 7.34. The van der Waals surface area contributed by atoms with Crippen LogP contribution in [0.5, 0.6) is 0 Å². The van der Waals surface area contributed by atoms with Crippen molar-refractivity contribution >= 4 is 45.9 Å². The van der Waals surface area contributed by atoms with Crippen LogP contribution < -0.4 is 0 Å². The highest BCUT2D eigenvalue weighted by molar-refractivity contribution is 6.36. The maximum Gasteiger partial charge on any atom is 0.245 e. The Morgan fingerprint density at radius 3 is 2.57 bits per heavy atom. The maximum absolute atomic E-state index is 12.9. The van der Waals surface area contributed by atoms with E-state index in [0.717, 1.165) is 27.9 Å². The zero-order chi connectivity index (χ0) is 19.8. The first-order chi connectivity index (χ1) is 13.4. The lowest BCUT2D eigenvalue weighted by Crippen LogP contribution is -2.30. The van der Waals surface area contributed by atoms with Crippen LogP contribution in [-0.2, 0) is 4.79 Å². The maximum atomic E-state index is 12.9. The Bertz CT molecular complexity index is 1100. The van der Waals surface area contributed by atoms with Gasteiger partial charge < -0.3 is 0 Å². The Balaban J connectivity index is 1.77. The number of hydrogen-bond acceptors (Lipinski definition) is 4. The third kappa shape index (κ3) is 3.48. The van der Waals surface area contributed by atoms with Crippen LogP contribution in [0.1, 0.15) is 37.4 Å². The highest BCUT2D eigenvalue weighted by atomic mass is 35.5. The molecule has 0 bridgehead atoms. The van der Waals surface area contributed by atoms with E-state index < -0.39 is 0 Å². The lowest BCUT2D eigenvalue weighted by Gasteiger charge is -2.23. The molecule has 1 aliphatic heterocycles. The molecule has 1 atom stereocenters. The van der Waals surface area contributed by atoms with Crippen molar-refractivity contribution in [2.45, 2.75) is 26.3 Å². The Morgan fingerprint density at radius 1 is 1.07 bits per heavy atom. The smallest absolute Gasteiger partial charge is 0.245 e. The average Bonchev–Trinajstić information content (AvgIpc) is 3.13. The Morgan fingerprint density at radius 2 is 1.82 bits per heavy atom. The molecule has 0 saturated heterocycles. The van der Waals surface area contributed by atoms with Crippen molar-refractivity contribution in [1.82, 2.24) is 15.0 Å². The number of hydrogen-bond donors (Lipinski definition) is 0. The number of aromatic nitrogens is 2. The van der Waals surface area contributed by atoms with Crippen LogP contribution in [0.3, 0.4) is 0 Å². The van der Waals surface area contributed by atoms with E-state index in [1.165, 1.54) is 0 Å². The van der Waals surface area contributed by atoms with Gasteiger partial charge in [-0.3, -0.25) is 14.8 Å². The van der Waals surface area contributed by atoms with Crippen molar-refractivity contribution in [3.05, 3.63) is 70.0 Å². The molecule has 1 amide bonds. The Labute approximate surface area is 173 Å². The number of rotatable bonds is 3. The zero-order valence-electron chi connectivity index (χ0n) is 15.4. The number of amides is 1. The molecule has 3 aromatic rings. The topological polar surface area (TPSA) is 58.5 Å². The summed E-state index contributed by atoms with van der Waals surface area (Å²) >= 11 is 12.5. The van der Waals surface area contributed by atoms with E-state index in [2.05, 4.69) is 15.1 Å². The fraction of sp³-hybridized carbons (Fsp3) is 0.238. The van der Waals surface area contributed by atoms with Crippen molar-refractivity contribution < 1.29 is 4.79 Å². The van der Waals surface area contributed by atoms with E-state index >= 15 is 0 Å². The second-order valence-electron chi connectivity index (χ2n) is 7.03. The molecule has 0 saturated carbocycles. The Kier molecular flexibility index (Phi) is 5.04. The van der Waals surface area contributed by atoms with E-state index in [1.807, 2.05) is 32.0 Å². The molecular weight excluding hydrogens is 395 g/mol. The number of carbonyl (C=O) groups excluding carboxylic acids is 1. The SMILES string of the molecule is CC(C)C(=O)N1N=C(c2cc(Cl)ccc2Cl)C[C@H]1c1ccc2nccnc2c1. The minimum atomic E-state index is -0.230. The molecule has 0 aliphatic carbocycles. The van der Waals surface area contributed by atoms with Crippen LogP contribution >= 0.6 is 23.2 Å². The van der Waals surface area contributed by atoms with Gasteiger partial charge in [0.05, 0.1) is 22.8 Å². The summed E-state index contributed by atoms with van der Waals surface area (Å²) in [6.45, 7) is 3.73. The van der Waals surface area contributed by atoms with Gasteiger partial charge in [-0.2, -0.15) is 5.10 Å². The molecular formula is C21H18Cl2N4O. The summed E-state index contributed by atoms with van der Waals surface area (Å²) in [7, 11) is 0. The fourth-order valence-corrected chi connectivity index (χ4v) is 3.71. The second kappa shape index (κ2) is 7.49. The van der Waals surface area contributed by atoms with Crippen molar-refractivity contribution in [3.63, 3.8) is 0 Å². The van der Waals surface area contributed by atoms with Crippen LogP contribution in [0.25, 0.3) is 11.0 Å². The summed E-state index contributed by atoms with van der Waals surface area (Å²) in [5.74, 6) is -0.224.